The van der Waals surface area contributed by atoms with Crippen molar-refractivity contribution in [2.75, 3.05) is 13.1 Å². The van der Waals surface area contributed by atoms with Crippen LogP contribution in [0.1, 0.15) is 127 Å². The number of ketones is 1. The number of urea groups is 1. The number of benzene rings is 1. The third kappa shape index (κ3) is 20.3. The van der Waals surface area contributed by atoms with Gasteiger partial charge in [-0.1, -0.05) is 77.4 Å². The highest BCUT2D eigenvalue weighted by Crippen LogP contribution is 2.23. The average Bonchev–Trinajstić information content (AvgIpc) is 3.59. The van der Waals surface area contributed by atoms with Crippen molar-refractivity contribution in [2.24, 2.45) is 11.8 Å². The van der Waals surface area contributed by atoms with Gasteiger partial charge in [0.25, 0.3) is 11.8 Å². The summed E-state index contributed by atoms with van der Waals surface area (Å²) in [5.41, 5.74) is -1.02. The lowest BCUT2D eigenvalue weighted by Crippen LogP contribution is -2.62. The SMILES string of the molecule is C=CCNC(=O)C(=O)[C@H](CCC)NC(=O)[C@@H]1CN(Cc2ccccc2)C(=O)N1C(=O)[C@@H](NC(=O)[C@@H](NC(=O)[C@H](CCC(=O)OC(C)(C)C)NC(=O)[C@H](CCC(=O)OC(C)(C)C)NC(C)=O)C(C)C)C(C)C. The van der Waals surface area contributed by atoms with Crippen LogP contribution in [0.4, 0.5) is 4.79 Å². The van der Waals surface area contributed by atoms with Crippen LogP contribution in [0.3, 0.4) is 0 Å². The highest BCUT2D eigenvalue weighted by Gasteiger charge is 2.49. The molecule has 0 bridgehead atoms. The van der Waals surface area contributed by atoms with Crippen molar-refractivity contribution < 1.29 is 62.2 Å². The van der Waals surface area contributed by atoms with E-state index in [1.807, 2.05) is 0 Å². The molecule has 21 nitrogen and oxygen atoms in total. The molecule has 1 heterocycles. The molecule has 2 rings (SSSR count). The molecule has 1 aromatic carbocycles. The van der Waals surface area contributed by atoms with Gasteiger partial charge in [0.1, 0.15) is 41.4 Å². The molecule has 6 N–H and O–H groups in total. The van der Waals surface area contributed by atoms with Crippen LogP contribution in [0, 0.1) is 11.8 Å². The molecule has 394 valence electrons. The minimum absolute atomic E-state index is 0.000796. The van der Waals surface area contributed by atoms with Crippen molar-refractivity contribution in [3.8, 4) is 0 Å². The number of rotatable bonds is 26. The Labute approximate surface area is 417 Å². The lowest BCUT2D eigenvalue weighted by Gasteiger charge is -2.31. The van der Waals surface area contributed by atoms with E-state index in [1.54, 1.807) is 106 Å². The summed E-state index contributed by atoms with van der Waals surface area (Å²) in [6.07, 6.45) is 0.661. The van der Waals surface area contributed by atoms with Crippen molar-refractivity contribution >= 4 is 65.1 Å². The van der Waals surface area contributed by atoms with Gasteiger partial charge in [-0.2, -0.15) is 0 Å². The fourth-order valence-electron chi connectivity index (χ4n) is 7.33. The second kappa shape index (κ2) is 27.7. The van der Waals surface area contributed by atoms with Gasteiger partial charge in [0.2, 0.25) is 35.3 Å². The van der Waals surface area contributed by atoms with Gasteiger partial charge in [-0.25, -0.2) is 9.69 Å². The van der Waals surface area contributed by atoms with E-state index in [1.165, 1.54) is 11.0 Å². The largest absolute Gasteiger partial charge is 0.460 e. The minimum Gasteiger partial charge on any atom is -0.460 e. The molecule has 0 saturated carbocycles. The van der Waals surface area contributed by atoms with Crippen molar-refractivity contribution in [3.63, 3.8) is 0 Å². The predicted octanol–water partition coefficient (Wildman–Crippen LogP) is 2.49. The molecule has 1 saturated heterocycles. The number of hydrogen-bond donors (Lipinski definition) is 6. The number of amides is 9. The number of esters is 2. The highest BCUT2D eigenvalue weighted by molar-refractivity contribution is 6.38. The molecule has 0 spiro atoms. The highest BCUT2D eigenvalue weighted by atomic mass is 16.6. The second-order valence-corrected chi connectivity index (χ2v) is 20.1. The summed E-state index contributed by atoms with van der Waals surface area (Å²) in [6.45, 7) is 22.5. The van der Waals surface area contributed by atoms with E-state index in [-0.39, 0.29) is 51.7 Å². The van der Waals surface area contributed by atoms with Crippen LogP contribution in [0.15, 0.2) is 43.0 Å². The Bertz CT molecular complexity index is 2100. The van der Waals surface area contributed by atoms with E-state index in [0.717, 1.165) is 11.8 Å². The monoisotopic (exact) mass is 997 g/mol. The van der Waals surface area contributed by atoms with Crippen LogP contribution in [-0.2, 0) is 64.0 Å². The van der Waals surface area contributed by atoms with E-state index >= 15 is 0 Å². The fourth-order valence-corrected chi connectivity index (χ4v) is 7.33. The Balaban J connectivity index is 2.51. The number of nitrogens with zero attached hydrogens (tertiary/aromatic N) is 2. The van der Waals surface area contributed by atoms with E-state index in [0.29, 0.717) is 12.0 Å². The topological polar surface area (TPSA) is 285 Å². The Kier molecular flexibility index (Phi) is 23.5. The van der Waals surface area contributed by atoms with E-state index in [4.69, 9.17) is 9.47 Å². The first-order valence-electron chi connectivity index (χ1n) is 24.0. The third-order valence-corrected chi connectivity index (χ3v) is 10.7. The molecule has 21 heteroatoms. The first kappa shape index (κ1) is 60.5. The normalized spacial score (nSPS) is 15.9. The zero-order valence-electron chi connectivity index (χ0n) is 43.4. The average molecular weight is 997 g/mol. The first-order valence-corrected chi connectivity index (χ1v) is 24.0. The van der Waals surface area contributed by atoms with E-state index in [9.17, 15) is 52.7 Å². The van der Waals surface area contributed by atoms with Gasteiger partial charge in [0, 0.05) is 32.9 Å². The fraction of sp³-hybridized carbons (Fsp3) is 0.620. The molecule has 6 atom stereocenters. The standard InChI is InChI=1S/C50H76N8O13/c1-14-19-33(41(62)46(67)51-26-15-2)53-44(65)36-28-57(27-32-20-17-16-18-21-32)48(69)58(36)47(68)40(30(5)6)56-45(66)39(29(3)4)55-43(64)35(23-25-38(61)71-50(11,12)13)54-42(63)34(52-31(7)59)22-24-37(60)70-49(8,9)10/h15-18,20-21,29-30,33-36,39-40H,2,14,19,22-28H2,1,3-13H3,(H,51,67)(H,52,59)(H,53,65)(H,54,63)(H,55,64)(H,56,66)/t33-,34-,35-,36-,39-,40-/m0/s1. The summed E-state index contributed by atoms with van der Waals surface area (Å²) in [7, 11) is 0. The molecule has 1 fully saturated rings. The van der Waals surface area contributed by atoms with Crippen LogP contribution in [0.2, 0.25) is 0 Å². The van der Waals surface area contributed by atoms with Gasteiger partial charge < -0.3 is 46.3 Å². The van der Waals surface area contributed by atoms with E-state index in [2.05, 4.69) is 38.5 Å². The maximum Gasteiger partial charge on any atom is 0.327 e. The molecule has 0 radical (unpaired) electrons. The maximum atomic E-state index is 14.7. The van der Waals surface area contributed by atoms with Gasteiger partial charge in [-0.3, -0.25) is 47.9 Å². The summed E-state index contributed by atoms with van der Waals surface area (Å²) in [5.74, 6) is -9.76. The Morgan fingerprint density at radius 1 is 0.704 bits per heavy atom. The van der Waals surface area contributed by atoms with Crippen LogP contribution in [-0.4, -0.2) is 135 Å². The first-order chi connectivity index (χ1) is 33.0. The van der Waals surface area contributed by atoms with Crippen LogP contribution in [0.25, 0.3) is 0 Å². The molecular formula is C50H76N8O13. The summed E-state index contributed by atoms with van der Waals surface area (Å²) in [6, 6.07) is -0.562. The lowest BCUT2D eigenvalue weighted by atomic mass is 9.98. The molecule has 9 amide bonds. The molecule has 0 aliphatic carbocycles. The molecule has 1 aromatic rings. The number of Topliss-reactive ketones (excluding diaryl/α,β-unsaturated/α-hetero) is 1. The van der Waals surface area contributed by atoms with Crippen molar-refractivity contribution in [3.05, 3.63) is 48.6 Å². The van der Waals surface area contributed by atoms with Gasteiger partial charge >= 0.3 is 18.0 Å². The van der Waals surface area contributed by atoms with Crippen LogP contribution in [0.5, 0.6) is 0 Å². The summed E-state index contributed by atoms with van der Waals surface area (Å²) >= 11 is 0. The molecule has 0 aromatic heterocycles. The zero-order chi connectivity index (χ0) is 54.0. The van der Waals surface area contributed by atoms with Gasteiger partial charge in [0.15, 0.2) is 0 Å². The lowest BCUT2D eigenvalue weighted by molar-refractivity contribution is -0.156. The molecular weight excluding hydrogens is 921 g/mol. The maximum absolute atomic E-state index is 14.7. The van der Waals surface area contributed by atoms with Crippen molar-refractivity contribution in [1.29, 1.82) is 0 Å². The molecule has 1 aliphatic rings. The van der Waals surface area contributed by atoms with Gasteiger partial charge in [-0.15, -0.1) is 6.58 Å². The van der Waals surface area contributed by atoms with Gasteiger partial charge in [0.05, 0.1) is 12.6 Å². The molecule has 71 heavy (non-hydrogen) atoms. The quantitative estimate of drug-likeness (QED) is 0.0443. The number of carbonyl (C=O) groups is 11. The number of imide groups is 1. The number of carbonyl (C=O) groups excluding carboxylic acids is 11. The second-order valence-electron chi connectivity index (χ2n) is 20.1. The van der Waals surface area contributed by atoms with Crippen molar-refractivity contribution in [1.82, 2.24) is 41.7 Å². The summed E-state index contributed by atoms with van der Waals surface area (Å²) in [4.78, 5) is 151. The van der Waals surface area contributed by atoms with Crippen molar-refractivity contribution in [2.45, 2.75) is 176 Å². The zero-order valence-corrected chi connectivity index (χ0v) is 43.4. The van der Waals surface area contributed by atoms with Crippen LogP contribution < -0.4 is 31.9 Å². The van der Waals surface area contributed by atoms with Gasteiger partial charge in [-0.05, 0) is 78.2 Å². The number of ether oxygens (including phenoxy) is 2. The summed E-state index contributed by atoms with van der Waals surface area (Å²) in [5, 5.41) is 15.3. The Morgan fingerprint density at radius 2 is 1.21 bits per heavy atom. The number of hydrogen-bond acceptors (Lipinski definition) is 13. The number of nitrogens with one attached hydrogen (secondary N) is 6. The third-order valence-electron chi connectivity index (χ3n) is 10.7. The van der Waals surface area contributed by atoms with E-state index < -0.39 is 124 Å². The Hall–Kier alpha value is -6.67. The smallest absolute Gasteiger partial charge is 0.327 e. The minimum atomic E-state index is -1.51. The molecule has 1 aliphatic heterocycles. The molecule has 0 unspecified atom stereocenters. The Morgan fingerprint density at radius 3 is 1.69 bits per heavy atom. The summed E-state index contributed by atoms with van der Waals surface area (Å²) < 4.78 is 10.8. The predicted molar refractivity (Wildman–Crippen MR) is 261 cm³/mol. The van der Waals surface area contributed by atoms with Crippen LogP contribution >= 0.6 is 0 Å².